The van der Waals surface area contributed by atoms with Crippen molar-refractivity contribution < 1.29 is 14.3 Å². The molecule has 1 N–H and O–H groups in total. The molecule has 28 heavy (non-hydrogen) atoms. The Morgan fingerprint density at radius 3 is 2.50 bits per heavy atom. The van der Waals surface area contributed by atoms with E-state index >= 15 is 0 Å². The molecule has 1 amide bonds. The summed E-state index contributed by atoms with van der Waals surface area (Å²) in [6.45, 7) is 3.70. The minimum Gasteiger partial charge on any atom is -0.493 e. The van der Waals surface area contributed by atoms with Gasteiger partial charge in [0.15, 0.2) is 18.1 Å². The number of methoxy groups -OCH3 is 1. The molecule has 6 nitrogen and oxygen atoms in total. The van der Waals surface area contributed by atoms with Crippen LogP contribution in [0.25, 0.3) is 0 Å². The lowest BCUT2D eigenvalue weighted by molar-refractivity contribution is -0.123. The average molecular weight is 379 g/mol. The number of ether oxygens (including phenoxy) is 2. The summed E-state index contributed by atoms with van der Waals surface area (Å²) < 4.78 is 10.7. The molecule has 146 valence electrons. The number of amides is 1. The van der Waals surface area contributed by atoms with Gasteiger partial charge in [0.05, 0.1) is 18.7 Å². The monoisotopic (exact) mass is 379 g/mol. The Bertz CT molecular complexity index is 837. The van der Waals surface area contributed by atoms with Crippen molar-refractivity contribution in [2.24, 2.45) is 0 Å². The lowest BCUT2D eigenvalue weighted by atomic mass is 10.1. The van der Waals surface area contributed by atoms with E-state index in [-0.39, 0.29) is 12.5 Å². The second-order valence-electron chi connectivity index (χ2n) is 6.84. The highest BCUT2D eigenvalue weighted by atomic mass is 16.5. The number of benzene rings is 2. The summed E-state index contributed by atoms with van der Waals surface area (Å²) in [7, 11) is 1.50. The summed E-state index contributed by atoms with van der Waals surface area (Å²) in [5.41, 5.74) is 2.82. The summed E-state index contributed by atoms with van der Waals surface area (Å²) in [4.78, 5) is 14.5. The SMILES string of the molecule is COc1cc(C#N)ccc1OCC(=O)NCc1ccc(CN2CCCC2)cc1. The molecule has 0 spiro atoms. The maximum absolute atomic E-state index is 12.1. The average Bonchev–Trinajstić information content (AvgIpc) is 3.24. The Hall–Kier alpha value is -3.04. The molecule has 1 saturated heterocycles. The zero-order chi connectivity index (χ0) is 19.8. The first kappa shape index (κ1) is 19.7. The number of carbonyl (C=O) groups is 1. The van der Waals surface area contributed by atoms with E-state index in [1.54, 1.807) is 18.2 Å². The van der Waals surface area contributed by atoms with Gasteiger partial charge < -0.3 is 14.8 Å². The number of nitriles is 1. The van der Waals surface area contributed by atoms with Crippen molar-refractivity contribution in [3.05, 3.63) is 59.2 Å². The van der Waals surface area contributed by atoms with Gasteiger partial charge in [0, 0.05) is 19.2 Å². The van der Waals surface area contributed by atoms with E-state index in [0.29, 0.717) is 23.6 Å². The highest BCUT2D eigenvalue weighted by Gasteiger charge is 2.12. The van der Waals surface area contributed by atoms with Gasteiger partial charge in [-0.2, -0.15) is 5.26 Å². The Kier molecular flexibility index (Phi) is 6.88. The van der Waals surface area contributed by atoms with Crippen LogP contribution in [0.15, 0.2) is 42.5 Å². The minimum atomic E-state index is -0.215. The summed E-state index contributed by atoms with van der Waals surface area (Å²) in [5.74, 6) is 0.649. The number of hydrogen-bond donors (Lipinski definition) is 1. The first-order valence-corrected chi connectivity index (χ1v) is 9.46. The molecule has 1 heterocycles. The quantitative estimate of drug-likeness (QED) is 0.763. The number of nitrogens with one attached hydrogen (secondary N) is 1. The summed E-state index contributed by atoms with van der Waals surface area (Å²) in [5, 5.41) is 11.8. The molecule has 0 bridgehead atoms. The molecule has 0 saturated carbocycles. The number of hydrogen-bond acceptors (Lipinski definition) is 5. The first-order valence-electron chi connectivity index (χ1n) is 9.46. The van der Waals surface area contributed by atoms with E-state index in [0.717, 1.165) is 12.1 Å². The van der Waals surface area contributed by atoms with Gasteiger partial charge in [-0.05, 0) is 49.2 Å². The van der Waals surface area contributed by atoms with Crippen molar-refractivity contribution >= 4 is 5.91 Å². The highest BCUT2D eigenvalue weighted by Crippen LogP contribution is 2.27. The van der Waals surface area contributed by atoms with Crippen LogP contribution in [0, 0.1) is 11.3 Å². The smallest absolute Gasteiger partial charge is 0.258 e. The van der Waals surface area contributed by atoms with Gasteiger partial charge in [-0.1, -0.05) is 24.3 Å². The standard InChI is InChI=1S/C22H25N3O3/c1-27-21-12-19(13-23)8-9-20(21)28-16-22(26)24-14-17-4-6-18(7-5-17)15-25-10-2-3-11-25/h4-9,12H,2-3,10-11,14-16H2,1H3,(H,24,26). The minimum absolute atomic E-state index is 0.116. The van der Waals surface area contributed by atoms with Gasteiger partial charge in [-0.25, -0.2) is 0 Å². The molecule has 1 aliphatic heterocycles. The summed E-state index contributed by atoms with van der Waals surface area (Å²) >= 11 is 0. The lowest BCUT2D eigenvalue weighted by Crippen LogP contribution is -2.28. The van der Waals surface area contributed by atoms with E-state index in [9.17, 15) is 4.79 Å². The molecule has 0 aromatic heterocycles. The molecule has 1 fully saturated rings. The molecular weight excluding hydrogens is 354 g/mol. The molecule has 0 radical (unpaired) electrons. The molecule has 1 aliphatic rings. The Labute approximate surface area is 165 Å². The van der Waals surface area contributed by atoms with Crippen molar-refractivity contribution in [3.63, 3.8) is 0 Å². The van der Waals surface area contributed by atoms with Gasteiger partial charge in [0.1, 0.15) is 0 Å². The topological polar surface area (TPSA) is 74.6 Å². The van der Waals surface area contributed by atoms with Crippen LogP contribution in [-0.4, -0.2) is 37.6 Å². The van der Waals surface area contributed by atoms with Crippen molar-refractivity contribution in [2.45, 2.75) is 25.9 Å². The third kappa shape index (κ3) is 5.48. The lowest BCUT2D eigenvalue weighted by Gasteiger charge is -2.15. The largest absolute Gasteiger partial charge is 0.493 e. The van der Waals surface area contributed by atoms with Gasteiger partial charge in [0.2, 0.25) is 0 Å². The van der Waals surface area contributed by atoms with E-state index in [4.69, 9.17) is 14.7 Å². The molecule has 6 heteroatoms. The fraction of sp³-hybridized carbons (Fsp3) is 0.364. The van der Waals surface area contributed by atoms with Gasteiger partial charge >= 0.3 is 0 Å². The van der Waals surface area contributed by atoms with Crippen LogP contribution in [0.2, 0.25) is 0 Å². The Morgan fingerprint density at radius 2 is 1.82 bits per heavy atom. The zero-order valence-corrected chi connectivity index (χ0v) is 16.1. The predicted molar refractivity (Wildman–Crippen MR) is 106 cm³/mol. The zero-order valence-electron chi connectivity index (χ0n) is 16.1. The van der Waals surface area contributed by atoms with Crippen LogP contribution in [0.4, 0.5) is 0 Å². The van der Waals surface area contributed by atoms with E-state index < -0.39 is 0 Å². The number of likely N-dealkylation sites (tertiary alicyclic amines) is 1. The number of nitrogens with zero attached hydrogens (tertiary/aromatic N) is 2. The van der Waals surface area contributed by atoms with Crippen LogP contribution in [0.5, 0.6) is 11.5 Å². The summed E-state index contributed by atoms with van der Waals surface area (Å²) in [6.07, 6.45) is 2.58. The molecule has 2 aromatic rings. The van der Waals surface area contributed by atoms with Crippen molar-refractivity contribution in [2.75, 3.05) is 26.8 Å². The van der Waals surface area contributed by atoms with Crippen molar-refractivity contribution in [1.29, 1.82) is 5.26 Å². The Morgan fingerprint density at radius 1 is 1.11 bits per heavy atom. The van der Waals surface area contributed by atoms with Gasteiger partial charge in [0.25, 0.3) is 5.91 Å². The van der Waals surface area contributed by atoms with E-state index in [1.807, 2.05) is 6.07 Å². The molecular formula is C22H25N3O3. The third-order valence-electron chi connectivity index (χ3n) is 4.77. The molecule has 3 rings (SSSR count). The van der Waals surface area contributed by atoms with E-state index in [2.05, 4.69) is 34.5 Å². The van der Waals surface area contributed by atoms with Crippen molar-refractivity contribution in [3.8, 4) is 17.6 Å². The Balaban J connectivity index is 1.44. The van der Waals surface area contributed by atoms with Crippen LogP contribution >= 0.6 is 0 Å². The third-order valence-corrected chi connectivity index (χ3v) is 4.77. The summed E-state index contributed by atoms with van der Waals surface area (Å²) in [6, 6.07) is 15.2. The number of carbonyl (C=O) groups excluding carboxylic acids is 1. The second kappa shape index (κ2) is 9.77. The van der Waals surface area contributed by atoms with E-state index in [1.165, 1.54) is 38.6 Å². The van der Waals surface area contributed by atoms with Gasteiger partial charge in [-0.15, -0.1) is 0 Å². The molecule has 2 aromatic carbocycles. The number of rotatable bonds is 8. The molecule has 0 atom stereocenters. The van der Waals surface area contributed by atoms with Crippen LogP contribution in [-0.2, 0) is 17.9 Å². The molecule has 0 unspecified atom stereocenters. The first-order chi connectivity index (χ1) is 13.7. The van der Waals surface area contributed by atoms with Crippen LogP contribution in [0.1, 0.15) is 29.5 Å². The molecule has 0 aliphatic carbocycles. The normalized spacial score (nSPS) is 13.7. The fourth-order valence-electron chi connectivity index (χ4n) is 3.21. The van der Waals surface area contributed by atoms with Crippen LogP contribution in [0.3, 0.4) is 0 Å². The maximum Gasteiger partial charge on any atom is 0.258 e. The predicted octanol–water partition coefficient (Wildman–Crippen LogP) is 2.86. The highest BCUT2D eigenvalue weighted by molar-refractivity contribution is 5.77. The fourth-order valence-corrected chi connectivity index (χ4v) is 3.21. The van der Waals surface area contributed by atoms with Crippen molar-refractivity contribution in [1.82, 2.24) is 10.2 Å². The van der Waals surface area contributed by atoms with Crippen LogP contribution < -0.4 is 14.8 Å². The second-order valence-corrected chi connectivity index (χ2v) is 6.84. The van der Waals surface area contributed by atoms with Gasteiger partial charge in [-0.3, -0.25) is 9.69 Å². The maximum atomic E-state index is 12.1.